The highest BCUT2D eigenvalue weighted by molar-refractivity contribution is 5.62. The summed E-state index contributed by atoms with van der Waals surface area (Å²) in [6.07, 6.45) is 3.74. The van der Waals surface area contributed by atoms with E-state index in [0.29, 0.717) is 6.42 Å². The first-order valence-corrected chi connectivity index (χ1v) is 3.96. The molecular formula is C10H13NO. The third-order valence-corrected chi connectivity index (χ3v) is 1.61. The van der Waals surface area contributed by atoms with Crippen LogP contribution in [-0.4, -0.2) is 16.2 Å². The quantitative estimate of drug-likeness (QED) is 0.737. The molecule has 1 unspecified atom stereocenters. The lowest BCUT2D eigenvalue weighted by Gasteiger charge is -2.06. The molecule has 0 bridgehead atoms. The van der Waals surface area contributed by atoms with Crippen LogP contribution in [0.25, 0.3) is 5.57 Å². The van der Waals surface area contributed by atoms with E-state index in [4.69, 9.17) is 5.11 Å². The molecule has 0 aliphatic heterocycles. The van der Waals surface area contributed by atoms with Crippen LogP contribution in [0.2, 0.25) is 0 Å². The average molecular weight is 163 g/mol. The molecule has 0 saturated heterocycles. The van der Waals surface area contributed by atoms with Gasteiger partial charge in [0.05, 0.1) is 6.10 Å². The standard InChI is InChI=1S/C10H13NO/c1-8(6-9(2)12)10-4-3-5-11-7-10/h3-5,7,9,12H,1,6H2,2H3. The second-order valence-electron chi connectivity index (χ2n) is 2.90. The van der Waals surface area contributed by atoms with E-state index in [9.17, 15) is 0 Å². The predicted octanol–water partition coefficient (Wildman–Crippen LogP) is 1.87. The van der Waals surface area contributed by atoms with Crippen molar-refractivity contribution in [3.8, 4) is 0 Å². The molecule has 1 heterocycles. The second kappa shape index (κ2) is 4.02. The predicted molar refractivity (Wildman–Crippen MR) is 49.6 cm³/mol. The van der Waals surface area contributed by atoms with Crippen LogP contribution >= 0.6 is 0 Å². The van der Waals surface area contributed by atoms with Crippen LogP contribution < -0.4 is 0 Å². The van der Waals surface area contributed by atoms with Crippen LogP contribution in [0.15, 0.2) is 31.1 Å². The number of hydrogen-bond acceptors (Lipinski definition) is 2. The van der Waals surface area contributed by atoms with E-state index < -0.39 is 0 Å². The first-order chi connectivity index (χ1) is 5.70. The summed E-state index contributed by atoms with van der Waals surface area (Å²) in [4.78, 5) is 3.97. The fourth-order valence-electron chi connectivity index (χ4n) is 1.05. The molecule has 1 rings (SSSR count). The van der Waals surface area contributed by atoms with Crippen LogP contribution in [0.3, 0.4) is 0 Å². The highest BCUT2D eigenvalue weighted by Crippen LogP contribution is 2.15. The van der Waals surface area contributed by atoms with Gasteiger partial charge in [0.1, 0.15) is 0 Å². The Labute approximate surface area is 72.6 Å². The molecular weight excluding hydrogens is 150 g/mol. The third kappa shape index (κ3) is 2.47. The van der Waals surface area contributed by atoms with Crippen LogP contribution in [0, 0.1) is 0 Å². The van der Waals surface area contributed by atoms with Crippen molar-refractivity contribution < 1.29 is 5.11 Å². The summed E-state index contributed by atoms with van der Waals surface area (Å²) in [5.74, 6) is 0. The first kappa shape index (κ1) is 8.94. The summed E-state index contributed by atoms with van der Waals surface area (Å²) >= 11 is 0. The van der Waals surface area contributed by atoms with Gasteiger partial charge in [0, 0.05) is 12.4 Å². The van der Waals surface area contributed by atoms with E-state index in [1.807, 2.05) is 12.1 Å². The van der Waals surface area contributed by atoms with Gasteiger partial charge >= 0.3 is 0 Å². The molecule has 0 aliphatic carbocycles. The Morgan fingerprint density at radius 2 is 2.50 bits per heavy atom. The summed E-state index contributed by atoms with van der Waals surface area (Å²) in [5, 5.41) is 9.10. The van der Waals surface area contributed by atoms with Crippen molar-refractivity contribution in [3.05, 3.63) is 36.7 Å². The Kier molecular flexibility index (Phi) is 3.00. The number of pyridine rings is 1. The van der Waals surface area contributed by atoms with Gasteiger partial charge in [-0.05, 0) is 30.5 Å². The van der Waals surface area contributed by atoms with Gasteiger partial charge in [-0.2, -0.15) is 0 Å². The highest BCUT2D eigenvalue weighted by Gasteiger charge is 2.01. The molecule has 1 N–H and O–H groups in total. The topological polar surface area (TPSA) is 33.1 Å². The number of aliphatic hydroxyl groups is 1. The molecule has 2 heteroatoms. The van der Waals surface area contributed by atoms with Crippen molar-refractivity contribution in [3.63, 3.8) is 0 Å². The lowest BCUT2D eigenvalue weighted by Crippen LogP contribution is -2.00. The van der Waals surface area contributed by atoms with Crippen molar-refractivity contribution in [1.29, 1.82) is 0 Å². The zero-order valence-electron chi connectivity index (χ0n) is 7.20. The maximum atomic E-state index is 9.10. The van der Waals surface area contributed by atoms with Gasteiger partial charge in [-0.1, -0.05) is 12.6 Å². The zero-order valence-corrected chi connectivity index (χ0v) is 7.20. The fourth-order valence-corrected chi connectivity index (χ4v) is 1.05. The number of nitrogens with zero attached hydrogens (tertiary/aromatic N) is 1. The normalized spacial score (nSPS) is 12.5. The summed E-state index contributed by atoms with van der Waals surface area (Å²) in [5.41, 5.74) is 1.93. The number of hydrogen-bond donors (Lipinski definition) is 1. The van der Waals surface area contributed by atoms with E-state index in [-0.39, 0.29) is 6.10 Å². The monoisotopic (exact) mass is 163 g/mol. The Hall–Kier alpha value is -1.15. The minimum Gasteiger partial charge on any atom is -0.393 e. The van der Waals surface area contributed by atoms with Crippen molar-refractivity contribution in [1.82, 2.24) is 4.98 Å². The van der Waals surface area contributed by atoms with Gasteiger partial charge in [-0.25, -0.2) is 0 Å². The SMILES string of the molecule is C=C(CC(C)O)c1cccnc1. The maximum Gasteiger partial charge on any atom is 0.0552 e. The van der Waals surface area contributed by atoms with Crippen LogP contribution in [0.4, 0.5) is 0 Å². The Morgan fingerprint density at radius 3 is 3.00 bits per heavy atom. The first-order valence-electron chi connectivity index (χ1n) is 3.96. The van der Waals surface area contributed by atoms with Gasteiger partial charge < -0.3 is 5.11 Å². The van der Waals surface area contributed by atoms with Gasteiger partial charge in [-0.15, -0.1) is 0 Å². The molecule has 0 saturated carbocycles. The van der Waals surface area contributed by atoms with E-state index >= 15 is 0 Å². The smallest absolute Gasteiger partial charge is 0.0552 e. The summed E-state index contributed by atoms with van der Waals surface area (Å²) in [6, 6.07) is 3.81. The lowest BCUT2D eigenvalue weighted by atomic mass is 10.0. The molecule has 1 atom stereocenters. The minimum atomic E-state index is -0.335. The molecule has 0 spiro atoms. The molecule has 0 amide bonds. The van der Waals surface area contributed by atoms with Crippen molar-refractivity contribution >= 4 is 5.57 Å². The van der Waals surface area contributed by atoms with E-state index in [2.05, 4.69) is 11.6 Å². The number of aromatic nitrogens is 1. The van der Waals surface area contributed by atoms with Crippen LogP contribution in [0.1, 0.15) is 18.9 Å². The molecule has 0 aliphatic rings. The number of rotatable bonds is 3. The van der Waals surface area contributed by atoms with E-state index in [1.54, 1.807) is 19.3 Å². The molecule has 1 aromatic rings. The Balaban J connectivity index is 2.66. The lowest BCUT2D eigenvalue weighted by molar-refractivity contribution is 0.201. The second-order valence-corrected chi connectivity index (χ2v) is 2.90. The van der Waals surface area contributed by atoms with Crippen molar-refractivity contribution in [2.75, 3.05) is 0 Å². The maximum absolute atomic E-state index is 9.10. The van der Waals surface area contributed by atoms with Crippen molar-refractivity contribution in [2.24, 2.45) is 0 Å². The van der Waals surface area contributed by atoms with Crippen molar-refractivity contribution in [2.45, 2.75) is 19.4 Å². The molecule has 64 valence electrons. The van der Waals surface area contributed by atoms with Crippen LogP contribution in [0.5, 0.6) is 0 Å². The molecule has 1 aromatic heterocycles. The summed E-state index contributed by atoms with van der Waals surface area (Å²) in [7, 11) is 0. The average Bonchev–Trinajstić information content (AvgIpc) is 2.05. The fraction of sp³-hybridized carbons (Fsp3) is 0.300. The summed E-state index contributed by atoms with van der Waals surface area (Å²) in [6.45, 7) is 5.62. The minimum absolute atomic E-state index is 0.335. The molecule has 0 radical (unpaired) electrons. The summed E-state index contributed by atoms with van der Waals surface area (Å²) < 4.78 is 0. The van der Waals surface area contributed by atoms with Gasteiger partial charge in [-0.3, -0.25) is 4.98 Å². The molecule has 2 nitrogen and oxygen atoms in total. The Bertz CT molecular complexity index is 254. The molecule has 0 aromatic carbocycles. The number of aliphatic hydroxyl groups excluding tert-OH is 1. The highest BCUT2D eigenvalue weighted by atomic mass is 16.3. The van der Waals surface area contributed by atoms with E-state index in [1.165, 1.54) is 0 Å². The zero-order chi connectivity index (χ0) is 8.97. The molecule has 0 fully saturated rings. The van der Waals surface area contributed by atoms with Crippen LogP contribution in [-0.2, 0) is 0 Å². The van der Waals surface area contributed by atoms with E-state index in [0.717, 1.165) is 11.1 Å². The third-order valence-electron chi connectivity index (χ3n) is 1.61. The van der Waals surface area contributed by atoms with Gasteiger partial charge in [0.15, 0.2) is 0 Å². The van der Waals surface area contributed by atoms with Gasteiger partial charge in [0.2, 0.25) is 0 Å². The Morgan fingerprint density at radius 1 is 1.75 bits per heavy atom. The largest absolute Gasteiger partial charge is 0.393 e. The molecule has 12 heavy (non-hydrogen) atoms. The van der Waals surface area contributed by atoms with Gasteiger partial charge in [0.25, 0.3) is 0 Å².